The van der Waals surface area contributed by atoms with Crippen molar-refractivity contribution < 1.29 is 4.74 Å². The minimum absolute atomic E-state index is 0.122. The zero-order valence-corrected chi connectivity index (χ0v) is 15.3. The van der Waals surface area contributed by atoms with Crippen LogP contribution >= 0.6 is 0 Å². The Kier molecular flexibility index (Phi) is 4.53. The summed E-state index contributed by atoms with van der Waals surface area (Å²) >= 11 is 0. The minimum Gasteiger partial charge on any atom is -0.496 e. The molecule has 0 amide bonds. The fourth-order valence-corrected chi connectivity index (χ4v) is 3.00. The largest absolute Gasteiger partial charge is 0.496 e. The highest BCUT2D eigenvalue weighted by Crippen LogP contribution is 2.36. The number of imidazole rings is 1. The van der Waals surface area contributed by atoms with Crippen LogP contribution in [0.15, 0.2) is 54.6 Å². The van der Waals surface area contributed by atoms with Gasteiger partial charge in [0.2, 0.25) is 0 Å². The van der Waals surface area contributed by atoms with Gasteiger partial charge >= 0.3 is 0 Å². The lowest BCUT2D eigenvalue weighted by molar-refractivity contribution is 0.416. The summed E-state index contributed by atoms with van der Waals surface area (Å²) in [7, 11) is 1.67. The summed E-state index contributed by atoms with van der Waals surface area (Å²) in [5.74, 6) is 2.41. The number of methoxy groups -OCH3 is 1. The molecule has 2 N–H and O–H groups in total. The Labute approximate surface area is 149 Å². The Hall–Kier alpha value is -2.75. The van der Waals surface area contributed by atoms with Crippen LogP contribution in [0.3, 0.4) is 0 Å². The van der Waals surface area contributed by atoms with Crippen molar-refractivity contribution >= 4 is 5.82 Å². The number of nitrogens with two attached hydrogens (primary N) is 1. The van der Waals surface area contributed by atoms with Crippen molar-refractivity contribution in [3.8, 4) is 17.0 Å². The molecule has 4 heteroatoms. The highest BCUT2D eigenvalue weighted by Gasteiger charge is 2.26. The second-order valence-corrected chi connectivity index (χ2v) is 7.19. The first-order valence-corrected chi connectivity index (χ1v) is 8.45. The van der Waals surface area contributed by atoms with Crippen LogP contribution in [-0.2, 0) is 12.0 Å². The summed E-state index contributed by atoms with van der Waals surface area (Å²) in [6.07, 6.45) is 0. The maximum atomic E-state index is 6.55. The van der Waals surface area contributed by atoms with E-state index >= 15 is 0 Å². The van der Waals surface area contributed by atoms with E-state index in [9.17, 15) is 0 Å². The first-order valence-electron chi connectivity index (χ1n) is 8.45. The van der Waals surface area contributed by atoms with Crippen molar-refractivity contribution in [1.29, 1.82) is 0 Å². The molecule has 1 aromatic heterocycles. The van der Waals surface area contributed by atoms with E-state index in [1.165, 1.54) is 5.56 Å². The third kappa shape index (κ3) is 3.38. The Morgan fingerprint density at radius 1 is 1.00 bits per heavy atom. The molecule has 0 fully saturated rings. The van der Waals surface area contributed by atoms with Gasteiger partial charge in [-0.2, -0.15) is 0 Å². The van der Waals surface area contributed by atoms with Crippen LogP contribution in [0, 0.1) is 0 Å². The van der Waals surface area contributed by atoms with E-state index in [-0.39, 0.29) is 5.41 Å². The second kappa shape index (κ2) is 6.63. The molecular formula is C21H25N3O. The molecule has 3 aromatic rings. The molecule has 0 bridgehead atoms. The fraction of sp³-hybridized carbons (Fsp3) is 0.286. The number of nitrogens with zero attached hydrogens (tertiary/aromatic N) is 2. The number of benzene rings is 2. The van der Waals surface area contributed by atoms with Gasteiger partial charge in [0, 0.05) is 11.0 Å². The Morgan fingerprint density at radius 2 is 1.64 bits per heavy atom. The predicted octanol–water partition coefficient (Wildman–Crippen LogP) is 4.49. The lowest BCUT2D eigenvalue weighted by atomic mass is 9.95. The van der Waals surface area contributed by atoms with Gasteiger partial charge in [0.1, 0.15) is 23.1 Å². The summed E-state index contributed by atoms with van der Waals surface area (Å²) in [6, 6.07) is 18.2. The Balaban J connectivity index is 2.16. The van der Waals surface area contributed by atoms with Crippen LogP contribution in [0.1, 0.15) is 32.2 Å². The van der Waals surface area contributed by atoms with Gasteiger partial charge in [-0.05, 0) is 17.7 Å². The number of rotatable bonds is 4. The zero-order valence-electron chi connectivity index (χ0n) is 15.3. The average Bonchev–Trinajstić information content (AvgIpc) is 2.92. The van der Waals surface area contributed by atoms with Crippen molar-refractivity contribution in [2.24, 2.45) is 0 Å². The zero-order chi connectivity index (χ0) is 18.0. The quantitative estimate of drug-likeness (QED) is 0.764. The number of nitrogen functional groups attached to an aromatic ring is 1. The van der Waals surface area contributed by atoms with E-state index in [1.807, 2.05) is 42.5 Å². The number of hydrogen-bond donors (Lipinski definition) is 1. The molecular weight excluding hydrogens is 310 g/mol. The van der Waals surface area contributed by atoms with Gasteiger partial charge in [-0.25, -0.2) is 4.98 Å². The highest BCUT2D eigenvalue weighted by atomic mass is 16.5. The number of anilines is 1. The summed E-state index contributed by atoms with van der Waals surface area (Å²) in [5.41, 5.74) is 9.32. The van der Waals surface area contributed by atoms with Crippen LogP contribution in [0.2, 0.25) is 0 Å². The average molecular weight is 335 g/mol. The van der Waals surface area contributed by atoms with Crippen LogP contribution in [-0.4, -0.2) is 16.7 Å². The molecule has 0 saturated carbocycles. The summed E-state index contributed by atoms with van der Waals surface area (Å²) in [4.78, 5) is 4.91. The van der Waals surface area contributed by atoms with E-state index in [0.29, 0.717) is 12.4 Å². The summed E-state index contributed by atoms with van der Waals surface area (Å²) in [6.45, 7) is 7.16. The topological polar surface area (TPSA) is 53.1 Å². The molecule has 0 saturated heterocycles. The monoisotopic (exact) mass is 335 g/mol. The van der Waals surface area contributed by atoms with Crippen molar-refractivity contribution in [3.63, 3.8) is 0 Å². The van der Waals surface area contributed by atoms with Gasteiger partial charge in [-0.3, -0.25) is 0 Å². The molecule has 0 aliphatic heterocycles. The van der Waals surface area contributed by atoms with Gasteiger partial charge in [-0.15, -0.1) is 0 Å². The SMILES string of the molecule is COc1ccccc1-c1nc(C(C)(C)C)n(Cc2ccccc2)c1N. The van der Waals surface area contributed by atoms with Crippen LogP contribution < -0.4 is 10.5 Å². The van der Waals surface area contributed by atoms with Crippen LogP contribution in [0.4, 0.5) is 5.82 Å². The summed E-state index contributed by atoms with van der Waals surface area (Å²) in [5, 5.41) is 0. The third-order valence-electron chi connectivity index (χ3n) is 4.22. The summed E-state index contributed by atoms with van der Waals surface area (Å²) < 4.78 is 7.61. The van der Waals surface area contributed by atoms with E-state index in [4.69, 9.17) is 15.5 Å². The molecule has 0 radical (unpaired) electrons. The van der Waals surface area contributed by atoms with E-state index in [2.05, 4.69) is 37.5 Å². The highest BCUT2D eigenvalue weighted by molar-refractivity contribution is 5.76. The smallest absolute Gasteiger partial charge is 0.132 e. The number of ether oxygens (including phenoxy) is 1. The predicted molar refractivity (Wildman–Crippen MR) is 103 cm³/mol. The Morgan fingerprint density at radius 3 is 2.28 bits per heavy atom. The molecule has 0 atom stereocenters. The van der Waals surface area contributed by atoms with Crippen molar-refractivity contribution in [2.45, 2.75) is 32.7 Å². The van der Waals surface area contributed by atoms with Gasteiger partial charge in [0.05, 0.1) is 13.7 Å². The van der Waals surface area contributed by atoms with Gasteiger partial charge < -0.3 is 15.0 Å². The normalized spacial score (nSPS) is 11.5. The first-order chi connectivity index (χ1) is 11.9. The van der Waals surface area contributed by atoms with E-state index in [0.717, 1.165) is 22.8 Å². The van der Waals surface area contributed by atoms with E-state index in [1.54, 1.807) is 7.11 Å². The van der Waals surface area contributed by atoms with E-state index < -0.39 is 0 Å². The molecule has 2 aromatic carbocycles. The molecule has 0 aliphatic carbocycles. The van der Waals surface area contributed by atoms with Gasteiger partial charge in [0.25, 0.3) is 0 Å². The second-order valence-electron chi connectivity index (χ2n) is 7.19. The standard InChI is InChI=1S/C21H25N3O/c1-21(2,3)20-23-18(16-12-8-9-13-17(16)25-4)19(22)24(20)14-15-10-6-5-7-11-15/h5-13H,14,22H2,1-4H3. The molecule has 4 nitrogen and oxygen atoms in total. The number of hydrogen-bond acceptors (Lipinski definition) is 3. The molecule has 0 aliphatic rings. The number of para-hydroxylation sites is 1. The van der Waals surface area contributed by atoms with Crippen LogP contribution in [0.25, 0.3) is 11.3 Å². The van der Waals surface area contributed by atoms with Crippen molar-refractivity contribution in [3.05, 3.63) is 66.0 Å². The minimum atomic E-state index is -0.122. The molecule has 0 spiro atoms. The molecule has 3 rings (SSSR count). The van der Waals surface area contributed by atoms with Gasteiger partial charge in [0.15, 0.2) is 0 Å². The van der Waals surface area contributed by atoms with Crippen molar-refractivity contribution in [1.82, 2.24) is 9.55 Å². The maximum absolute atomic E-state index is 6.55. The van der Waals surface area contributed by atoms with Crippen molar-refractivity contribution in [2.75, 3.05) is 12.8 Å². The van der Waals surface area contributed by atoms with Gasteiger partial charge in [-0.1, -0.05) is 63.2 Å². The number of aromatic nitrogens is 2. The lowest BCUT2D eigenvalue weighted by Gasteiger charge is -2.20. The lowest BCUT2D eigenvalue weighted by Crippen LogP contribution is -2.20. The third-order valence-corrected chi connectivity index (χ3v) is 4.22. The van der Waals surface area contributed by atoms with Crippen LogP contribution in [0.5, 0.6) is 5.75 Å². The molecule has 25 heavy (non-hydrogen) atoms. The Bertz CT molecular complexity index is 861. The first kappa shape index (κ1) is 17.1. The molecule has 130 valence electrons. The fourth-order valence-electron chi connectivity index (χ4n) is 3.00. The molecule has 1 heterocycles. The molecule has 0 unspecified atom stereocenters. The maximum Gasteiger partial charge on any atom is 0.132 e.